The Morgan fingerprint density at radius 1 is 1.15 bits per heavy atom. The third-order valence-corrected chi connectivity index (χ3v) is 5.85. The highest BCUT2D eigenvalue weighted by atomic mass is 35.5. The molecule has 0 aliphatic carbocycles. The van der Waals surface area contributed by atoms with Crippen molar-refractivity contribution in [1.29, 1.82) is 0 Å². The van der Waals surface area contributed by atoms with Crippen molar-refractivity contribution in [1.82, 2.24) is 0 Å². The lowest BCUT2D eigenvalue weighted by Crippen LogP contribution is -2.54. The molecule has 0 aromatic heterocycles. The maximum Gasteiger partial charge on any atom is 0.165 e. The molecule has 0 saturated carbocycles. The highest BCUT2D eigenvalue weighted by molar-refractivity contribution is 6.30. The second-order valence-corrected chi connectivity index (χ2v) is 7.37. The predicted molar refractivity (Wildman–Crippen MR) is 96.7 cm³/mol. The van der Waals surface area contributed by atoms with Crippen molar-refractivity contribution < 1.29 is 18.3 Å². The Hall–Kier alpha value is -1.91. The average Bonchev–Trinajstić information content (AvgIpc) is 2.65. The molecule has 0 N–H and O–H groups in total. The molecule has 2 aliphatic rings. The Kier molecular flexibility index (Phi) is 4.49. The summed E-state index contributed by atoms with van der Waals surface area (Å²) in [6, 6.07) is 9.79. The number of hydrogen-bond donors (Lipinski definition) is 0. The number of benzene rings is 2. The molecule has 2 aliphatic heterocycles. The van der Waals surface area contributed by atoms with Gasteiger partial charge in [0.25, 0.3) is 0 Å². The third-order valence-electron chi connectivity index (χ3n) is 5.59. The molecule has 0 bridgehead atoms. The first-order valence-corrected chi connectivity index (χ1v) is 9.03. The van der Waals surface area contributed by atoms with Crippen LogP contribution < -0.4 is 4.74 Å². The van der Waals surface area contributed by atoms with E-state index in [1.807, 2.05) is 24.3 Å². The minimum Gasteiger partial charge on any atom is -0.490 e. The third kappa shape index (κ3) is 2.72. The van der Waals surface area contributed by atoms with Gasteiger partial charge in [0.05, 0.1) is 12.7 Å². The van der Waals surface area contributed by atoms with Gasteiger partial charge in [-0.2, -0.15) is 0 Å². The van der Waals surface area contributed by atoms with Gasteiger partial charge in [-0.3, -0.25) is 0 Å². The van der Waals surface area contributed by atoms with E-state index in [0.29, 0.717) is 30.0 Å². The molecule has 2 nitrogen and oxygen atoms in total. The topological polar surface area (TPSA) is 18.5 Å². The van der Waals surface area contributed by atoms with Gasteiger partial charge in [-0.25, -0.2) is 8.78 Å². The molecule has 26 heavy (non-hydrogen) atoms. The second-order valence-electron chi connectivity index (χ2n) is 6.93. The van der Waals surface area contributed by atoms with Crippen molar-refractivity contribution in [3.63, 3.8) is 0 Å². The van der Waals surface area contributed by atoms with Gasteiger partial charge in [0, 0.05) is 28.5 Å². The summed E-state index contributed by atoms with van der Waals surface area (Å²) < 4.78 is 40.8. The summed E-state index contributed by atoms with van der Waals surface area (Å²) in [7, 11) is 0. The zero-order valence-corrected chi connectivity index (χ0v) is 14.9. The van der Waals surface area contributed by atoms with Crippen LogP contribution in [0.4, 0.5) is 8.78 Å². The van der Waals surface area contributed by atoms with Gasteiger partial charge in [0.1, 0.15) is 5.82 Å². The summed E-state index contributed by atoms with van der Waals surface area (Å²) in [6.07, 6.45) is 2.60. The Bertz CT molecular complexity index is 837. The molecular formula is C21H19ClF2O2. The van der Waals surface area contributed by atoms with Crippen molar-refractivity contribution in [2.24, 2.45) is 5.92 Å². The number of halogens is 3. The number of ether oxygens (including phenoxy) is 2. The van der Waals surface area contributed by atoms with Crippen LogP contribution in [0.25, 0.3) is 0 Å². The fourth-order valence-corrected chi connectivity index (χ4v) is 4.50. The van der Waals surface area contributed by atoms with Crippen LogP contribution >= 0.6 is 11.6 Å². The van der Waals surface area contributed by atoms with E-state index >= 15 is 0 Å². The van der Waals surface area contributed by atoms with Gasteiger partial charge >= 0.3 is 0 Å². The molecule has 1 fully saturated rings. The maximum absolute atomic E-state index is 14.9. The average molecular weight is 377 g/mol. The van der Waals surface area contributed by atoms with Crippen LogP contribution in [0.2, 0.25) is 5.02 Å². The van der Waals surface area contributed by atoms with Crippen molar-refractivity contribution >= 4 is 11.6 Å². The van der Waals surface area contributed by atoms with Crippen LogP contribution in [0.1, 0.15) is 17.5 Å². The van der Waals surface area contributed by atoms with Gasteiger partial charge in [0.15, 0.2) is 11.6 Å². The van der Waals surface area contributed by atoms with Crippen molar-refractivity contribution in [2.45, 2.75) is 24.4 Å². The lowest BCUT2D eigenvalue weighted by Gasteiger charge is -2.50. The first-order chi connectivity index (χ1) is 12.5. The zero-order valence-electron chi connectivity index (χ0n) is 14.2. The molecule has 2 heterocycles. The minimum absolute atomic E-state index is 0.0277. The molecule has 1 saturated heterocycles. The summed E-state index contributed by atoms with van der Waals surface area (Å²) in [5, 5.41) is 0.642. The van der Waals surface area contributed by atoms with E-state index in [0.717, 1.165) is 11.6 Å². The zero-order chi connectivity index (χ0) is 18.3. The summed E-state index contributed by atoms with van der Waals surface area (Å²) in [5.41, 5.74) is 0.713. The van der Waals surface area contributed by atoms with Gasteiger partial charge in [-0.05, 0) is 42.7 Å². The molecule has 3 atom stereocenters. The van der Waals surface area contributed by atoms with Gasteiger partial charge in [-0.1, -0.05) is 29.8 Å². The van der Waals surface area contributed by atoms with E-state index in [2.05, 4.69) is 6.58 Å². The van der Waals surface area contributed by atoms with E-state index < -0.39 is 17.0 Å². The molecule has 0 spiro atoms. The van der Waals surface area contributed by atoms with E-state index in [1.54, 1.807) is 6.08 Å². The molecule has 5 heteroatoms. The van der Waals surface area contributed by atoms with Gasteiger partial charge in [-0.15, -0.1) is 6.58 Å². The fraction of sp³-hybridized carbons (Fsp3) is 0.333. The normalized spacial score (nSPS) is 27.2. The highest BCUT2D eigenvalue weighted by Gasteiger charge is 2.52. The van der Waals surface area contributed by atoms with E-state index in [1.165, 1.54) is 6.07 Å². The van der Waals surface area contributed by atoms with Crippen molar-refractivity contribution in [2.75, 3.05) is 13.2 Å². The first-order valence-electron chi connectivity index (χ1n) is 8.65. The SMILES string of the molecule is C=C[C@@H]1OCC[C@@]2(Cc3ccc(Cl)cc3)c3c(F)ccc(F)c3OCC12. The fourth-order valence-electron chi connectivity index (χ4n) is 4.38. The van der Waals surface area contributed by atoms with Crippen LogP contribution in [0, 0.1) is 17.6 Å². The smallest absolute Gasteiger partial charge is 0.165 e. The summed E-state index contributed by atoms with van der Waals surface area (Å²) in [4.78, 5) is 0. The van der Waals surface area contributed by atoms with Crippen LogP contribution in [0.15, 0.2) is 49.1 Å². The van der Waals surface area contributed by atoms with E-state index in [-0.39, 0.29) is 24.4 Å². The number of fused-ring (bicyclic) bond motifs is 3. The molecule has 4 rings (SSSR count). The Morgan fingerprint density at radius 3 is 2.62 bits per heavy atom. The van der Waals surface area contributed by atoms with Crippen LogP contribution in [0.3, 0.4) is 0 Å². The van der Waals surface area contributed by atoms with Gasteiger partial charge < -0.3 is 9.47 Å². The molecule has 2 aromatic carbocycles. The standard InChI is InChI=1S/C21H19ClF2O2/c1-2-18-15-12-26-20-17(24)8-7-16(23)19(20)21(15,9-10-25-18)11-13-3-5-14(22)6-4-13/h2-8,15,18H,1,9-12H2/t15?,18-,21-/m0/s1. The monoisotopic (exact) mass is 376 g/mol. The Morgan fingerprint density at radius 2 is 1.88 bits per heavy atom. The Labute approximate surface area is 156 Å². The maximum atomic E-state index is 14.9. The molecule has 1 unspecified atom stereocenters. The summed E-state index contributed by atoms with van der Waals surface area (Å²) in [6.45, 7) is 4.57. The largest absolute Gasteiger partial charge is 0.490 e. The van der Waals surface area contributed by atoms with Crippen molar-refractivity contribution in [3.05, 3.63) is 76.8 Å². The van der Waals surface area contributed by atoms with E-state index in [9.17, 15) is 8.78 Å². The van der Waals surface area contributed by atoms with E-state index in [4.69, 9.17) is 21.1 Å². The lowest BCUT2D eigenvalue weighted by molar-refractivity contribution is -0.0732. The molecule has 0 amide bonds. The predicted octanol–water partition coefficient (Wildman–Crippen LogP) is 5.08. The lowest BCUT2D eigenvalue weighted by atomic mass is 9.60. The molecule has 136 valence electrons. The van der Waals surface area contributed by atoms with Crippen molar-refractivity contribution in [3.8, 4) is 5.75 Å². The molecule has 2 aromatic rings. The number of rotatable bonds is 3. The molecular weight excluding hydrogens is 358 g/mol. The van der Waals surface area contributed by atoms with Crippen LogP contribution in [-0.2, 0) is 16.6 Å². The first kappa shape index (κ1) is 17.5. The van der Waals surface area contributed by atoms with Crippen LogP contribution in [-0.4, -0.2) is 19.3 Å². The minimum atomic E-state index is -0.620. The van der Waals surface area contributed by atoms with Crippen LogP contribution in [0.5, 0.6) is 5.75 Å². The molecule has 0 radical (unpaired) electrons. The second kappa shape index (κ2) is 6.67. The summed E-state index contributed by atoms with van der Waals surface area (Å²) >= 11 is 6.00. The quantitative estimate of drug-likeness (QED) is 0.695. The summed E-state index contributed by atoms with van der Waals surface area (Å²) in [5.74, 6) is -1.09. The number of hydrogen-bond acceptors (Lipinski definition) is 2. The van der Waals surface area contributed by atoms with Gasteiger partial charge in [0.2, 0.25) is 0 Å². The highest BCUT2D eigenvalue weighted by Crippen LogP contribution is 2.52. The Balaban J connectivity index is 1.89.